The normalized spacial score (nSPS) is 11.9. The number of rotatable bonds is 7. The maximum atomic E-state index is 6.36. The Labute approximate surface area is 302 Å². The van der Waals surface area contributed by atoms with Crippen LogP contribution in [-0.4, -0.2) is 29.4 Å². The summed E-state index contributed by atoms with van der Waals surface area (Å²) in [6.45, 7) is 14.6. The number of benzene rings is 4. The van der Waals surface area contributed by atoms with Crippen molar-refractivity contribution in [1.82, 2.24) is 29.4 Å². The summed E-state index contributed by atoms with van der Waals surface area (Å²) in [5.74, 6) is 3.42. The van der Waals surface area contributed by atoms with E-state index in [2.05, 4.69) is 85.2 Å². The Morgan fingerprint density at radius 3 is 1.96 bits per heavy atom. The van der Waals surface area contributed by atoms with Gasteiger partial charge in [0.25, 0.3) is 0 Å². The Balaban J connectivity index is 0.000000162. The third-order valence-electron chi connectivity index (χ3n) is 9.55. The third-order valence-corrected chi connectivity index (χ3v) is 9.55. The Morgan fingerprint density at radius 2 is 1.31 bits per heavy atom. The second-order valence-electron chi connectivity index (χ2n) is 13.2. The van der Waals surface area contributed by atoms with Gasteiger partial charge >= 0.3 is 0 Å². The summed E-state index contributed by atoms with van der Waals surface area (Å²) in [5.41, 5.74) is 25.5. The van der Waals surface area contributed by atoms with Gasteiger partial charge in [0, 0.05) is 17.8 Å². The quantitative estimate of drug-likeness (QED) is 0.139. The summed E-state index contributed by atoms with van der Waals surface area (Å²) < 4.78 is 15.0. The SMILES string of the molecule is Cc1noc(C)c1-c1cc(N)c2nc(C)n([C@@H](C)c3ccccc3)c2c1.Cc1noc(C)c1Nc1cc(N)c2nc(C)n(Cc3ccccc3)c2c1. The van der Waals surface area contributed by atoms with Crippen LogP contribution in [0.2, 0.25) is 0 Å². The first kappa shape index (κ1) is 34.1. The highest BCUT2D eigenvalue weighted by Crippen LogP contribution is 2.36. The van der Waals surface area contributed by atoms with E-state index in [9.17, 15) is 0 Å². The van der Waals surface area contributed by atoms with Crippen molar-refractivity contribution in [3.05, 3.63) is 131 Å². The van der Waals surface area contributed by atoms with Crippen molar-refractivity contribution in [1.29, 1.82) is 0 Å². The molecule has 4 aromatic carbocycles. The van der Waals surface area contributed by atoms with Crippen LogP contribution < -0.4 is 16.8 Å². The van der Waals surface area contributed by atoms with Crippen LogP contribution in [0.4, 0.5) is 22.7 Å². The molecule has 5 N–H and O–H groups in total. The van der Waals surface area contributed by atoms with Crippen LogP contribution in [0.25, 0.3) is 33.2 Å². The van der Waals surface area contributed by atoms with E-state index >= 15 is 0 Å². The molecule has 0 saturated heterocycles. The fraction of sp³-hybridized carbons (Fsp3) is 0.220. The van der Waals surface area contributed by atoms with Crippen LogP contribution in [0.3, 0.4) is 0 Å². The second kappa shape index (κ2) is 13.7. The molecule has 264 valence electrons. The smallest absolute Gasteiger partial charge is 0.157 e. The molecule has 1 atom stereocenters. The summed E-state index contributed by atoms with van der Waals surface area (Å²) in [4.78, 5) is 9.39. The van der Waals surface area contributed by atoms with Crippen molar-refractivity contribution in [3.63, 3.8) is 0 Å². The summed E-state index contributed by atoms with van der Waals surface area (Å²) in [5, 5.41) is 11.4. The molecule has 8 rings (SSSR count). The molecule has 0 radical (unpaired) electrons. The highest BCUT2D eigenvalue weighted by molar-refractivity contribution is 5.94. The molecule has 11 heteroatoms. The van der Waals surface area contributed by atoms with Crippen molar-refractivity contribution in [3.8, 4) is 11.1 Å². The molecule has 0 amide bonds. The molecule has 4 heterocycles. The van der Waals surface area contributed by atoms with Crippen molar-refractivity contribution < 1.29 is 9.05 Å². The molecule has 0 aliphatic carbocycles. The Hall–Kier alpha value is -6.36. The fourth-order valence-electron chi connectivity index (χ4n) is 6.95. The number of hydrogen-bond acceptors (Lipinski definition) is 9. The molecule has 0 unspecified atom stereocenters. The van der Waals surface area contributed by atoms with E-state index in [1.54, 1.807) is 0 Å². The zero-order chi connectivity index (χ0) is 36.7. The first-order valence-electron chi connectivity index (χ1n) is 17.3. The van der Waals surface area contributed by atoms with Gasteiger partial charge in [-0.25, -0.2) is 9.97 Å². The molecular weight excluding hydrogens is 651 g/mol. The molecule has 8 aromatic rings. The predicted octanol–water partition coefficient (Wildman–Crippen LogP) is 9.13. The largest absolute Gasteiger partial charge is 0.397 e. The van der Waals surface area contributed by atoms with Crippen molar-refractivity contribution in [2.24, 2.45) is 0 Å². The minimum absolute atomic E-state index is 0.153. The van der Waals surface area contributed by atoms with Crippen LogP contribution in [0.1, 0.15) is 58.6 Å². The molecule has 0 spiro atoms. The summed E-state index contributed by atoms with van der Waals surface area (Å²) in [6, 6.07) is 29.0. The van der Waals surface area contributed by atoms with Gasteiger partial charge in [-0.2, -0.15) is 0 Å². The number of fused-ring (bicyclic) bond motifs is 2. The van der Waals surface area contributed by atoms with E-state index in [1.165, 1.54) is 11.1 Å². The first-order chi connectivity index (χ1) is 25.0. The number of nitrogen functional groups attached to an aromatic ring is 2. The van der Waals surface area contributed by atoms with Gasteiger partial charge in [0.15, 0.2) is 5.76 Å². The molecule has 0 bridgehead atoms. The maximum Gasteiger partial charge on any atom is 0.157 e. The number of nitrogens with one attached hydrogen (secondary N) is 1. The highest BCUT2D eigenvalue weighted by atomic mass is 16.5. The number of aromatic nitrogens is 6. The molecule has 0 aliphatic heterocycles. The second-order valence-corrected chi connectivity index (χ2v) is 13.2. The molecule has 0 fully saturated rings. The lowest BCUT2D eigenvalue weighted by molar-refractivity contribution is 0.393. The van der Waals surface area contributed by atoms with E-state index in [1.807, 2.05) is 77.9 Å². The van der Waals surface area contributed by atoms with Crippen LogP contribution in [-0.2, 0) is 6.54 Å². The fourth-order valence-corrected chi connectivity index (χ4v) is 6.95. The molecule has 4 aromatic heterocycles. The molecular formula is C41H43N9O2. The zero-order valence-electron chi connectivity index (χ0n) is 30.5. The third kappa shape index (κ3) is 6.37. The number of nitrogens with two attached hydrogens (primary N) is 2. The standard InChI is InChI=1S/C21H22N4O.C20H21N5O/c1-12-20(14(3)26-24-12)17-10-18(22)21-19(11-17)25(15(4)23-21)13(2)16-8-6-5-7-9-16;1-12-19(13(2)26-24-12)23-16-9-17(21)20-18(10-16)25(14(3)22-20)11-15-7-5-4-6-8-15/h5-11,13H,22H2,1-4H3;4-10,23H,11,21H2,1-3H3/t13-;/m0./s1. The lowest BCUT2D eigenvalue weighted by Crippen LogP contribution is -2.08. The lowest BCUT2D eigenvalue weighted by Gasteiger charge is -2.17. The average molecular weight is 694 g/mol. The monoisotopic (exact) mass is 693 g/mol. The minimum atomic E-state index is 0.153. The van der Waals surface area contributed by atoms with Crippen LogP contribution in [0, 0.1) is 41.5 Å². The van der Waals surface area contributed by atoms with Gasteiger partial charge in [0.2, 0.25) is 0 Å². The minimum Gasteiger partial charge on any atom is -0.397 e. The average Bonchev–Trinajstić information content (AvgIpc) is 3.85. The number of hydrogen-bond donors (Lipinski definition) is 3. The Kier molecular flexibility index (Phi) is 9.02. The van der Waals surface area contributed by atoms with E-state index in [0.717, 1.165) is 85.7 Å². The van der Waals surface area contributed by atoms with Gasteiger partial charge in [-0.1, -0.05) is 71.0 Å². The van der Waals surface area contributed by atoms with Gasteiger partial charge < -0.3 is 35.0 Å². The Morgan fingerprint density at radius 1 is 0.692 bits per heavy atom. The summed E-state index contributed by atoms with van der Waals surface area (Å²) in [7, 11) is 0. The van der Waals surface area contributed by atoms with Gasteiger partial charge in [0.1, 0.15) is 39.8 Å². The molecule has 11 nitrogen and oxygen atoms in total. The van der Waals surface area contributed by atoms with Gasteiger partial charge in [-0.15, -0.1) is 0 Å². The van der Waals surface area contributed by atoms with Crippen molar-refractivity contribution in [2.75, 3.05) is 16.8 Å². The molecule has 52 heavy (non-hydrogen) atoms. The van der Waals surface area contributed by atoms with Crippen molar-refractivity contribution in [2.45, 2.75) is 61.1 Å². The van der Waals surface area contributed by atoms with Crippen LogP contribution >= 0.6 is 0 Å². The van der Waals surface area contributed by atoms with Crippen LogP contribution in [0.15, 0.2) is 94.0 Å². The van der Waals surface area contributed by atoms with Crippen LogP contribution in [0.5, 0.6) is 0 Å². The summed E-state index contributed by atoms with van der Waals surface area (Å²) in [6.07, 6.45) is 0. The van der Waals surface area contributed by atoms with Gasteiger partial charge in [0.05, 0.1) is 34.1 Å². The maximum absolute atomic E-state index is 6.36. The highest BCUT2D eigenvalue weighted by Gasteiger charge is 2.20. The number of anilines is 4. The van der Waals surface area contributed by atoms with E-state index in [-0.39, 0.29) is 6.04 Å². The number of nitrogens with zero attached hydrogens (tertiary/aromatic N) is 6. The Bertz CT molecular complexity index is 2490. The van der Waals surface area contributed by atoms with Gasteiger partial charge in [-0.05, 0) is 89.4 Å². The van der Waals surface area contributed by atoms with E-state index in [4.69, 9.17) is 25.5 Å². The zero-order valence-corrected chi connectivity index (χ0v) is 30.5. The number of imidazole rings is 2. The summed E-state index contributed by atoms with van der Waals surface area (Å²) >= 11 is 0. The predicted molar refractivity (Wildman–Crippen MR) is 208 cm³/mol. The van der Waals surface area contributed by atoms with E-state index < -0.39 is 0 Å². The van der Waals surface area contributed by atoms with Crippen molar-refractivity contribution >= 4 is 44.8 Å². The topological polar surface area (TPSA) is 152 Å². The number of aryl methyl sites for hydroxylation is 6. The van der Waals surface area contributed by atoms with E-state index in [0.29, 0.717) is 11.4 Å². The molecule has 0 saturated carbocycles. The first-order valence-corrected chi connectivity index (χ1v) is 17.3. The lowest BCUT2D eigenvalue weighted by atomic mass is 10.0. The van der Waals surface area contributed by atoms with Gasteiger partial charge in [-0.3, -0.25) is 0 Å². The molecule has 0 aliphatic rings.